The molecule has 0 fully saturated rings. The van der Waals surface area contributed by atoms with Gasteiger partial charge in [-0.3, -0.25) is 0 Å². The summed E-state index contributed by atoms with van der Waals surface area (Å²) in [4.78, 5) is 20.4. The van der Waals surface area contributed by atoms with Gasteiger partial charge in [0.25, 0.3) is 0 Å². The van der Waals surface area contributed by atoms with Crippen molar-refractivity contribution >= 4 is 18.1 Å². The fourth-order valence-corrected chi connectivity index (χ4v) is 1.39. The van der Waals surface area contributed by atoms with Gasteiger partial charge in [-0.15, -0.1) is 0 Å². The molecule has 1 N–H and O–H groups in total. The summed E-state index contributed by atoms with van der Waals surface area (Å²) in [6.07, 6.45) is -0.300. The molecule has 0 bridgehead atoms. The maximum absolute atomic E-state index is 11.5. The number of benzene rings is 1. The number of carbonyl (C=O) groups excluding carboxylic acids is 1. The van der Waals surface area contributed by atoms with Gasteiger partial charge >= 0.3 is 18.2 Å². The Hall–Kier alpha value is -2.84. The number of carboxylic acids is 1. The van der Waals surface area contributed by atoms with Crippen LogP contribution in [0.3, 0.4) is 0 Å². The molecular formula is C14H13F3N2O4. The number of hydrogen-bond acceptors (Lipinski definition) is 4. The minimum Gasteiger partial charge on any atom is -0.475 e. The van der Waals surface area contributed by atoms with E-state index in [4.69, 9.17) is 14.6 Å². The van der Waals surface area contributed by atoms with Crippen LogP contribution in [0.25, 0.3) is 6.08 Å². The average Bonchev–Trinajstić information content (AvgIpc) is 2.69. The summed E-state index contributed by atoms with van der Waals surface area (Å²) in [5.74, 6) is -2.76. The number of ether oxygens (including phenoxy) is 1. The normalized spacial score (nSPS) is 12.6. The van der Waals surface area contributed by atoms with Crippen molar-refractivity contribution in [2.45, 2.75) is 13.1 Å². The molecule has 124 valence electrons. The first-order valence-corrected chi connectivity index (χ1v) is 6.34. The molecule has 1 aliphatic heterocycles. The Morgan fingerprint density at radius 3 is 2.48 bits per heavy atom. The number of nitrogens with zero attached hydrogens (tertiary/aromatic N) is 2. The highest BCUT2D eigenvalue weighted by molar-refractivity contribution is 5.73. The number of carboxylic acid groups (broad SMARTS) is 1. The summed E-state index contributed by atoms with van der Waals surface area (Å²) in [5, 5.41) is 14.3. The molecule has 0 aromatic heterocycles. The molecule has 0 aliphatic carbocycles. The number of hydrogen-bond donors (Lipinski definition) is 1. The van der Waals surface area contributed by atoms with E-state index in [2.05, 4.69) is 5.10 Å². The maximum atomic E-state index is 11.5. The van der Waals surface area contributed by atoms with E-state index in [9.17, 15) is 18.0 Å². The summed E-state index contributed by atoms with van der Waals surface area (Å²) in [6.45, 7) is 2.10. The zero-order valence-corrected chi connectivity index (χ0v) is 11.9. The number of amides is 1. The second-order valence-electron chi connectivity index (χ2n) is 4.01. The van der Waals surface area contributed by atoms with Gasteiger partial charge in [0.1, 0.15) is 0 Å². The van der Waals surface area contributed by atoms with Crippen LogP contribution < -0.4 is 10.6 Å². The zero-order chi connectivity index (χ0) is 17.5. The third-order valence-electron chi connectivity index (χ3n) is 2.35. The van der Waals surface area contributed by atoms with Gasteiger partial charge < -0.3 is 9.84 Å². The van der Waals surface area contributed by atoms with Gasteiger partial charge in [-0.05, 0) is 19.1 Å². The molecule has 1 aromatic rings. The predicted molar refractivity (Wildman–Crippen MR) is 73.4 cm³/mol. The second-order valence-corrected chi connectivity index (χ2v) is 4.01. The van der Waals surface area contributed by atoms with Crippen LogP contribution >= 0.6 is 0 Å². The first-order valence-electron chi connectivity index (χ1n) is 6.34. The van der Waals surface area contributed by atoms with Crippen molar-refractivity contribution in [2.24, 2.45) is 5.10 Å². The molecule has 0 saturated carbocycles. The third-order valence-corrected chi connectivity index (χ3v) is 2.35. The highest BCUT2D eigenvalue weighted by Crippen LogP contribution is 2.13. The Morgan fingerprint density at radius 1 is 1.30 bits per heavy atom. The van der Waals surface area contributed by atoms with Crippen LogP contribution in [0.2, 0.25) is 0 Å². The van der Waals surface area contributed by atoms with Crippen LogP contribution in [0.4, 0.5) is 18.0 Å². The summed E-state index contributed by atoms with van der Waals surface area (Å²) in [5.41, 5.74) is 0. The fraction of sp³-hybridized carbons (Fsp3) is 0.214. The van der Waals surface area contributed by atoms with Crippen molar-refractivity contribution in [3.63, 3.8) is 0 Å². The van der Waals surface area contributed by atoms with Crippen LogP contribution in [0, 0.1) is 0 Å². The SMILES string of the molecule is CCOC(=O)N1C=CC=c2ccccc2=N1.O=C(O)C(F)(F)F. The Bertz CT molecular complexity index is 713. The van der Waals surface area contributed by atoms with Crippen LogP contribution in [0.5, 0.6) is 0 Å². The number of aliphatic carboxylic acids is 1. The van der Waals surface area contributed by atoms with Crippen LogP contribution in [0.1, 0.15) is 6.92 Å². The van der Waals surface area contributed by atoms with Gasteiger partial charge in [0.15, 0.2) is 0 Å². The van der Waals surface area contributed by atoms with Gasteiger partial charge in [-0.1, -0.05) is 24.3 Å². The van der Waals surface area contributed by atoms with Crippen molar-refractivity contribution in [3.8, 4) is 0 Å². The molecule has 0 spiro atoms. The fourth-order valence-electron chi connectivity index (χ4n) is 1.39. The molecule has 1 aliphatic rings. The number of rotatable bonds is 1. The van der Waals surface area contributed by atoms with E-state index >= 15 is 0 Å². The van der Waals surface area contributed by atoms with E-state index < -0.39 is 18.2 Å². The monoisotopic (exact) mass is 330 g/mol. The van der Waals surface area contributed by atoms with E-state index in [1.807, 2.05) is 30.3 Å². The average molecular weight is 330 g/mol. The largest absolute Gasteiger partial charge is 0.490 e. The number of alkyl halides is 3. The van der Waals surface area contributed by atoms with Gasteiger partial charge in [0.05, 0.1) is 12.0 Å². The van der Waals surface area contributed by atoms with Crippen molar-refractivity contribution in [3.05, 3.63) is 47.1 Å². The van der Waals surface area contributed by atoms with Gasteiger partial charge in [0.2, 0.25) is 0 Å². The van der Waals surface area contributed by atoms with E-state index in [1.54, 1.807) is 19.2 Å². The first kappa shape index (κ1) is 18.2. The predicted octanol–water partition coefficient (Wildman–Crippen LogP) is 1.62. The van der Waals surface area contributed by atoms with Crippen LogP contribution in [-0.2, 0) is 9.53 Å². The standard InChI is InChI=1S/C12H12N2O2.C2HF3O2/c1-2-16-12(15)14-9-5-7-10-6-3-4-8-11(10)13-14;3-2(4,5)1(6)7/h3-9H,2H2,1H3;(H,6,7). The first-order chi connectivity index (χ1) is 10.8. The van der Waals surface area contributed by atoms with Crippen molar-refractivity contribution in [1.82, 2.24) is 5.01 Å². The molecule has 9 heteroatoms. The molecule has 0 unspecified atom stereocenters. The molecule has 1 heterocycles. The van der Waals surface area contributed by atoms with Crippen molar-refractivity contribution in [2.75, 3.05) is 6.61 Å². The van der Waals surface area contributed by atoms with Crippen LogP contribution in [0.15, 0.2) is 41.6 Å². The molecule has 2 rings (SSSR count). The number of carbonyl (C=O) groups is 2. The third kappa shape index (κ3) is 5.81. The van der Waals surface area contributed by atoms with Crippen molar-refractivity contribution < 1.29 is 32.6 Å². The van der Waals surface area contributed by atoms with Crippen molar-refractivity contribution in [1.29, 1.82) is 0 Å². The maximum Gasteiger partial charge on any atom is 0.490 e. The quantitative estimate of drug-likeness (QED) is 0.849. The van der Waals surface area contributed by atoms with E-state index in [0.29, 0.717) is 6.61 Å². The van der Waals surface area contributed by atoms with Gasteiger partial charge in [-0.25, -0.2) is 9.59 Å². The number of halogens is 3. The summed E-state index contributed by atoms with van der Waals surface area (Å²) in [6, 6.07) is 7.60. The number of fused-ring (bicyclic) bond motifs is 1. The van der Waals surface area contributed by atoms with Gasteiger partial charge in [0, 0.05) is 11.4 Å². The number of allylic oxidation sites excluding steroid dienone is 1. The summed E-state index contributed by atoms with van der Waals surface area (Å²) < 4.78 is 36.6. The second kappa shape index (κ2) is 7.97. The molecular weight excluding hydrogens is 317 g/mol. The Kier molecular flexibility index (Phi) is 6.31. The van der Waals surface area contributed by atoms with E-state index in [-0.39, 0.29) is 0 Å². The smallest absolute Gasteiger partial charge is 0.475 e. The molecule has 0 radical (unpaired) electrons. The lowest BCUT2D eigenvalue weighted by atomic mass is 10.3. The van der Waals surface area contributed by atoms with Gasteiger partial charge in [-0.2, -0.15) is 23.3 Å². The Balaban J connectivity index is 0.000000322. The van der Waals surface area contributed by atoms with E-state index in [1.165, 1.54) is 5.01 Å². The highest BCUT2D eigenvalue weighted by atomic mass is 19.4. The zero-order valence-electron chi connectivity index (χ0n) is 11.9. The Labute approximate surface area is 128 Å². The lowest BCUT2D eigenvalue weighted by molar-refractivity contribution is -0.192. The molecule has 1 amide bonds. The van der Waals surface area contributed by atoms with Crippen LogP contribution in [-0.4, -0.2) is 35.0 Å². The lowest BCUT2D eigenvalue weighted by Crippen LogP contribution is -2.29. The van der Waals surface area contributed by atoms with E-state index in [0.717, 1.165) is 10.6 Å². The molecule has 23 heavy (non-hydrogen) atoms. The molecule has 6 nitrogen and oxygen atoms in total. The minimum atomic E-state index is -5.08. The lowest BCUT2D eigenvalue weighted by Gasteiger charge is -2.10. The Morgan fingerprint density at radius 2 is 1.91 bits per heavy atom. The molecule has 0 saturated heterocycles. The summed E-state index contributed by atoms with van der Waals surface area (Å²) >= 11 is 0. The minimum absolute atomic E-state index is 0.337. The molecule has 0 atom stereocenters. The summed E-state index contributed by atoms with van der Waals surface area (Å²) in [7, 11) is 0. The highest BCUT2D eigenvalue weighted by Gasteiger charge is 2.38. The molecule has 1 aromatic carbocycles. The topological polar surface area (TPSA) is 79.2 Å².